The van der Waals surface area contributed by atoms with Crippen molar-refractivity contribution in [3.63, 3.8) is 0 Å². The van der Waals surface area contributed by atoms with Crippen molar-refractivity contribution in [2.24, 2.45) is 0 Å². The van der Waals surface area contributed by atoms with E-state index in [1.807, 2.05) is 6.92 Å². The van der Waals surface area contributed by atoms with Crippen molar-refractivity contribution in [2.45, 2.75) is 39.5 Å². The summed E-state index contributed by atoms with van der Waals surface area (Å²) >= 11 is 7.68. The second-order valence-electron chi connectivity index (χ2n) is 4.32. The number of hydrogen-bond acceptors (Lipinski definition) is 2. The van der Waals surface area contributed by atoms with Crippen LogP contribution in [0.15, 0.2) is 18.2 Å². The Labute approximate surface area is 118 Å². The van der Waals surface area contributed by atoms with Gasteiger partial charge < -0.3 is 0 Å². The van der Waals surface area contributed by atoms with E-state index in [2.05, 4.69) is 32.0 Å². The molecule has 1 nitrogen and oxygen atoms in total. The number of rotatable bonds is 4. The Morgan fingerprint density at radius 2 is 1.78 bits per heavy atom. The zero-order chi connectivity index (χ0) is 13.1. The minimum absolute atomic E-state index is 0.555. The molecule has 3 heteroatoms. The van der Waals surface area contributed by atoms with Gasteiger partial charge >= 0.3 is 0 Å². The van der Waals surface area contributed by atoms with Crippen molar-refractivity contribution in [1.29, 1.82) is 0 Å². The van der Waals surface area contributed by atoms with Crippen LogP contribution < -0.4 is 0 Å². The van der Waals surface area contributed by atoms with Crippen LogP contribution in [0.5, 0.6) is 0 Å². The zero-order valence-electron chi connectivity index (χ0n) is 11.1. The van der Waals surface area contributed by atoms with Gasteiger partial charge in [0.2, 0.25) is 0 Å². The average molecular weight is 280 g/mol. The van der Waals surface area contributed by atoms with Crippen molar-refractivity contribution >= 4 is 22.9 Å². The van der Waals surface area contributed by atoms with E-state index in [4.69, 9.17) is 16.6 Å². The van der Waals surface area contributed by atoms with Crippen LogP contribution in [-0.2, 0) is 18.7 Å². The Bertz CT molecular complexity index is 523. The zero-order valence-corrected chi connectivity index (χ0v) is 12.7. The highest BCUT2D eigenvalue weighted by molar-refractivity contribution is 7.15. The third-order valence-corrected chi connectivity index (χ3v) is 4.83. The molecule has 0 saturated heterocycles. The van der Waals surface area contributed by atoms with Gasteiger partial charge in [-0.2, -0.15) is 0 Å². The molecule has 2 rings (SSSR count). The van der Waals surface area contributed by atoms with E-state index in [1.165, 1.54) is 21.6 Å². The standard InChI is InChI=1S/C15H18ClNS/c1-4-11-7-6-8-12(5-2)14(11)15-17-10(3)13(9-16)18-15/h6-8H,4-5,9H2,1-3H3. The van der Waals surface area contributed by atoms with E-state index in [1.54, 1.807) is 11.3 Å². The maximum Gasteiger partial charge on any atom is 0.124 e. The minimum atomic E-state index is 0.555. The van der Waals surface area contributed by atoms with Crippen molar-refractivity contribution < 1.29 is 0 Å². The molecule has 0 spiro atoms. The maximum atomic E-state index is 5.95. The topological polar surface area (TPSA) is 12.9 Å². The Morgan fingerprint density at radius 1 is 1.17 bits per heavy atom. The van der Waals surface area contributed by atoms with E-state index >= 15 is 0 Å². The smallest absolute Gasteiger partial charge is 0.124 e. The summed E-state index contributed by atoms with van der Waals surface area (Å²) in [6.07, 6.45) is 2.08. The highest BCUT2D eigenvalue weighted by Gasteiger charge is 2.14. The molecule has 0 bridgehead atoms. The van der Waals surface area contributed by atoms with Gasteiger partial charge in [0.05, 0.1) is 11.6 Å². The molecule has 0 aliphatic heterocycles. The fourth-order valence-corrected chi connectivity index (χ4v) is 3.56. The van der Waals surface area contributed by atoms with Crippen LogP contribution in [0.3, 0.4) is 0 Å². The van der Waals surface area contributed by atoms with Crippen molar-refractivity contribution in [2.75, 3.05) is 0 Å². The predicted molar refractivity (Wildman–Crippen MR) is 80.6 cm³/mol. The quantitative estimate of drug-likeness (QED) is 0.719. The van der Waals surface area contributed by atoms with Crippen molar-refractivity contribution in [3.05, 3.63) is 39.9 Å². The predicted octanol–water partition coefficient (Wildman–Crippen LogP) is 4.98. The first kappa shape index (κ1) is 13.6. The summed E-state index contributed by atoms with van der Waals surface area (Å²) in [6, 6.07) is 6.54. The molecule has 0 aliphatic carbocycles. The first-order valence-electron chi connectivity index (χ1n) is 6.34. The largest absolute Gasteiger partial charge is 0.241 e. The fraction of sp³-hybridized carbons (Fsp3) is 0.400. The fourth-order valence-electron chi connectivity index (χ4n) is 2.18. The summed E-state index contributed by atoms with van der Waals surface area (Å²) in [7, 11) is 0. The van der Waals surface area contributed by atoms with Gasteiger partial charge in [0.1, 0.15) is 5.01 Å². The lowest BCUT2D eigenvalue weighted by Crippen LogP contribution is -1.93. The summed E-state index contributed by atoms with van der Waals surface area (Å²) in [5, 5.41) is 1.12. The first-order chi connectivity index (χ1) is 8.71. The third kappa shape index (κ3) is 2.45. The summed E-state index contributed by atoms with van der Waals surface area (Å²) in [6.45, 7) is 6.43. The molecule has 1 aromatic heterocycles. The number of aryl methyl sites for hydroxylation is 3. The molecule has 0 N–H and O–H groups in total. The Morgan fingerprint density at radius 3 is 2.22 bits per heavy atom. The van der Waals surface area contributed by atoms with E-state index in [0.717, 1.165) is 23.5 Å². The Kier molecular flexibility index (Phi) is 4.41. The normalized spacial score (nSPS) is 10.9. The minimum Gasteiger partial charge on any atom is -0.241 e. The number of nitrogens with zero attached hydrogens (tertiary/aromatic N) is 1. The van der Waals surface area contributed by atoms with Gasteiger partial charge in [-0.1, -0.05) is 32.0 Å². The van der Waals surface area contributed by atoms with Crippen LogP contribution in [0.4, 0.5) is 0 Å². The van der Waals surface area contributed by atoms with Crippen LogP contribution >= 0.6 is 22.9 Å². The van der Waals surface area contributed by atoms with Crippen LogP contribution in [0.2, 0.25) is 0 Å². The molecular weight excluding hydrogens is 262 g/mol. The molecule has 0 fully saturated rings. The summed E-state index contributed by atoms with van der Waals surface area (Å²) in [5.74, 6) is 0.555. The number of aromatic nitrogens is 1. The van der Waals surface area contributed by atoms with Gasteiger partial charge in [0.25, 0.3) is 0 Å². The van der Waals surface area contributed by atoms with Crippen molar-refractivity contribution in [3.8, 4) is 10.6 Å². The SMILES string of the molecule is CCc1cccc(CC)c1-c1nc(C)c(CCl)s1. The van der Waals surface area contributed by atoms with E-state index < -0.39 is 0 Å². The molecule has 0 atom stereocenters. The molecule has 18 heavy (non-hydrogen) atoms. The second kappa shape index (κ2) is 5.85. The van der Waals surface area contributed by atoms with E-state index in [-0.39, 0.29) is 0 Å². The van der Waals surface area contributed by atoms with Gasteiger partial charge in [-0.05, 0) is 30.9 Å². The maximum absolute atomic E-state index is 5.95. The number of halogens is 1. The molecule has 0 unspecified atom stereocenters. The van der Waals surface area contributed by atoms with Gasteiger partial charge in [0.15, 0.2) is 0 Å². The van der Waals surface area contributed by atoms with Crippen molar-refractivity contribution in [1.82, 2.24) is 4.98 Å². The highest BCUT2D eigenvalue weighted by atomic mass is 35.5. The van der Waals surface area contributed by atoms with Gasteiger partial charge in [0, 0.05) is 10.4 Å². The lowest BCUT2D eigenvalue weighted by Gasteiger charge is -2.10. The molecule has 2 aromatic rings. The summed E-state index contributed by atoms with van der Waals surface area (Å²) in [4.78, 5) is 5.88. The monoisotopic (exact) mass is 279 g/mol. The molecule has 0 radical (unpaired) electrons. The van der Waals surface area contributed by atoms with Crippen LogP contribution in [-0.4, -0.2) is 4.98 Å². The number of hydrogen-bond donors (Lipinski definition) is 0. The molecule has 0 aliphatic rings. The molecule has 1 aromatic carbocycles. The van der Waals surface area contributed by atoms with Gasteiger partial charge in [-0.3, -0.25) is 0 Å². The second-order valence-corrected chi connectivity index (χ2v) is 5.67. The number of thiazole rings is 1. The number of benzene rings is 1. The molecule has 96 valence electrons. The van der Waals surface area contributed by atoms with Gasteiger partial charge in [-0.25, -0.2) is 4.98 Å². The van der Waals surface area contributed by atoms with Crippen LogP contribution in [0, 0.1) is 6.92 Å². The van der Waals surface area contributed by atoms with E-state index in [9.17, 15) is 0 Å². The first-order valence-corrected chi connectivity index (χ1v) is 7.69. The molecule has 1 heterocycles. The lowest BCUT2D eigenvalue weighted by molar-refractivity contribution is 1.08. The molecule has 0 amide bonds. The summed E-state index contributed by atoms with van der Waals surface area (Å²) in [5.41, 5.74) is 5.15. The van der Waals surface area contributed by atoms with E-state index in [0.29, 0.717) is 5.88 Å². The molecular formula is C15H18ClNS. The Hall–Kier alpha value is -0.860. The van der Waals surface area contributed by atoms with Crippen LogP contribution in [0.1, 0.15) is 35.5 Å². The highest BCUT2D eigenvalue weighted by Crippen LogP contribution is 2.34. The Balaban J connectivity index is 2.60. The average Bonchev–Trinajstić information content (AvgIpc) is 2.78. The number of alkyl halides is 1. The summed E-state index contributed by atoms with van der Waals surface area (Å²) < 4.78 is 0. The molecule has 0 saturated carbocycles. The lowest BCUT2D eigenvalue weighted by atomic mass is 9.98. The van der Waals surface area contributed by atoms with Gasteiger partial charge in [-0.15, -0.1) is 22.9 Å². The third-order valence-electron chi connectivity index (χ3n) is 3.23. The van der Waals surface area contributed by atoms with Crippen LogP contribution in [0.25, 0.3) is 10.6 Å².